The summed E-state index contributed by atoms with van der Waals surface area (Å²) in [4.78, 5) is 16.6. The van der Waals surface area contributed by atoms with Crippen molar-refractivity contribution < 1.29 is 4.79 Å². The summed E-state index contributed by atoms with van der Waals surface area (Å²) < 4.78 is 2.18. The number of rotatable bonds is 3. The highest BCUT2D eigenvalue weighted by atomic mass is 16.1. The van der Waals surface area contributed by atoms with Gasteiger partial charge >= 0.3 is 0 Å². The lowest BCUT2D eigenvalue weighted by atomic mass is 9.80. The van der Waals surface area contributed by atoms with E-state index >= 15 is 0 Å². The molecule has 0 unspecified atom stereocenters. The van der Waals surface area contributed by atoms with Crippen molar-refractivity contribution in [3.63, 3.8) is 0 Å². The largest absolute Gasteiger partial charge is 0.352 e. The van der Waals surface area contributed by atoms with E-state index in [0.29, 0.717) is 12.3 Å². The van der Waals surface area contributed by atoms with Crippen LogP contribution in [0.1, 0.15) is 52.1 Å². The van der Waals surface area contributed by atoms with Crippen molar-refractivity contribution >= 4 is 5.91 Å². The van der Waals surface area contributed by atoms with Crippen LogP contribution in [0, 0.1) is 18.3 Å². The Balaban J connectivity index is 1.87. The predicted molar refractivity (Wildman–Crippen MR) is 80.5 cm³/mol. The van der Waals surface area contributed by atoms with Gasteiger partial charge in [0.2, 0.25) is 5.91 Å². The zero-order valence-corrected chi connectivity index (χ0v) is 13.4. The number of amides is 1. The molecule has 4 heteroatoms. The van der Waals surface area contributed by atoms with E-state index in [0.717, 1.165) is 30.9 Å². The number of aryl methyl sites for hydroxylation is 2. The zero-order valence-electron chi connectivity index (χ0n) is 13.4. The fraction of sp³-hybridized carbons (Fsp3) is 0.750. The lowest BCUT2D eigenvalue weighted by Gasteiger charge is -2.29. The van der Waals surface area contributed by atoms with Crippen LogP contribution in [0.5, 0.6) is 0 Å². The molecule has 2 atom stereocenters. The molecule has 0 aromatic carbocycles. The molecule has 112 valence electrons. The molecule has 1 aromatic heterocycles. The molecule has 0 saturated heterocycles. The highest BCUT2D eigenvalue weighted by Gasteiger charge is 2.25. The van der Waals surface area contributed by atoms with E-state index < -0.39 is 0 Å². The van der Waals surface area contributed by atoms with Gasteiger partial charge < -0.3 is 9.88 Å². The summed E-state index contributed by atoms with van der Waals surface area (Å²) in [5, 5.41) is 3.18. The molecule has 4 nitrogen and oxygen atoms in total. The molecule has 20 heavy (non-hydrogen) atoms. The SMILES string of the molecule is Cc1cn2c(n1)CC[C@H](NC(=O)C[C@@H](C)C(C)(C)C)C2. The average molecular weight is 277 g/mol. The first-order valence-electron chi connectivity index (χ1n) is 7.57. The Morgan fingerprint density at radius 1 is 1.55 bits per heavy atom. The molecule has 0 spiro atoms. The van der Waals surface area contributed by atoms with E-state index in [9.17, 15) is 4.79 Å². The Labute approximate surface area is 122 Å². The van der Waals surface area contributed by atoms with Crippen molar-refractivity contribution in [1.29, 1.82) is 0 Å². The Morgan fingerprint density at radius 2 is 2.25 bits per heavy atom. The summed E-state index contributed by atoms with van der Waals surface area (Å²) in [6.07, 6.45) is 4.63. The molecule has 1 amide bonds. The lowest BCUT2D eigenvalue weighted by Crippen LogP contribution is -2.42. The van der Waals surface area contributed by atoms with Crippen LogP contribution >= 0.6 is 0 Å². The minimum atomic E-state index is 0.178. The third kappa shape index (κ3) is 3.62. The van der Waals surface area contributed by atoms with Gasteiger partial charge in [0, 0.05) is 31.6 Å². The molecule has 2 heterocycles. The minimum Gasteiger partial charge on any atom is -0.352 e. The van der Waals surface area contributed by atoms with Crippen molar-refractivity contribution in [3.8, 4) is 0 Å². The molecule has 1 aromatic rings. The van der Waals surface area contributed by atoms with Crippen LogP contribution in [0.4, 0.5) is 0 Å². The predicted octanol–water partition coefficient (Wildman–Crippen LogP) is 2.69. The van der Waals surface area contributed by atoms with Gasteiger partial charge in [0.25, 0.3) is 0 Å². The Hall–Kier alpha value is -1.32. The van der Waals surface area contributed by atoms with E-state index in [2.05, 4.69) is 48.8 Å². The van der Waals surface area contributed by atoms with E-state index in [1.807, 2.05) is 6.92 Å². The maximum absolute atomic E-state index is 12.1. The Bertz CT molecular complexity index is 484. The second-order valence-electron chi connectivity index (χ2n) is 7.23. The van der Waals surface area contributed by atoms with Gasteiger partial charge in [-0.1, -0.05) is 27.7 Å². The van der Waals surface area contributed by atoms with Crippen LogP contribution in [0.3, 0.4) is 0 Å². The quantitative estimate of drug-likeness (QED) is 0.923. The number of carbonyl (C=O) groups is 1. The normalized spacial score (nSPS) is 20.4. The molecule has 2 rings (SSSR count). The van der Waals surface area contributed by atoms with E-state index in [4.69, 9.17) is 0 Å². The highest BCUT2D eigenvalue weighted by molar-refractivity contribution is 5.76. The maximum Gasteiger partial charge on any atom is 0.220 e. The van der Waals surface area contributed by atoms with E-state index in [-0.39, 0.29) is 17.4 Å². The van der Waals surface area contributed by atoms with Crippen LogP contribution in [-0.2, 0) is 17.8 Å². The van der Waals surface area contributed by atoms with Gasteiger partial charge in [-0.15, -0.1) is 0 Å². The van der Waals surface area contributed by atoms with Gasteiger partial charge in [-0.05, 0) is 24.7 Å². The fourth-order valence-electron chi connectivity index (χ4n) is 2.58. The van der Waals surface area contributed by atoms with Crippen molar-refractivity contribution in [2.45, 2.75) is 66.5 Å². The molecule has 1 N–H and O–H groups in total. The summed E-state index contributed by atoms with van der Waals surface area (Å²) in [5.74, 6) is 1.71. The molecule has 0 saturated carbocycles. The first-order chi connectivity index (χ1) is 9.25. The molecule has 0 aliphatic carbocycles. The van der Waals surface area contributed by atoms with Gasteiger partial charge in [0.15, 0.2) is 0 Å². The molecule has 0 radical (unpaired) electrons. The van der Waals surface area contributed by atoms with Crippen LogP contribution in [0.15, 0.2) is 6.20 Å². The van der Waals surface area contributed by atoms with Gasteiger partial charge in [0.05, 0.1) is 5.69 Å². The third-order valence-electron chi connectivity index (χ3n) is 4.45. The lowest BCUT2D eigenvalue weighted by molar-refractivity contribution is -0.123. The van der Waals surface area contributed by atoms with Crippen molar-refractivity contribution in [2.75, 3.05) is 0 Å². The molecule has 1 aliphatic rings. The van der Waals surface area contributed by atoms with E-state index in [1.165, 1.54) is 0 Å². The van der Waals surface area contributed by atoms with Crippen LogP contribution in [0.2, 0.25) is 0 Å². The number of fused-ring (bicyclic) bond motifs is 1. The number of imidazole rings is 1. The third-order valence-corrected chi connectivity index (χ3v) is 4.45. The Morgan fingerprint density at radius 3 is 2.90 bits per heavy atom. The number of aromatic nitrogens is 2. The average Bonchev–Trinajstić information content (AvgIpc) is 2.66. The monoisotopic (exact) mass is 277 g/mol. The standard InChI is InChI=1S/C16H27N3O/c1-11(16(3,4)5)8-15(20)18-13-6-7-14-17-12(2)9-19(14)10-13/h9,11,13H,6-8,10H2,1-5H3,(H,18,20)/t11-,13+/m1/s1. The fourth-order valence-corrected chi connectivity index (χ4v) is 2.58. The molecular formula is C16H27N3O. The van der Waals surface area contributed by atoms with Gasteiger partial charge in [0.1, 0.15) is 5.82 Å². The van der Waals surface area contributed by atoms with Crippen molar-refractivity contribution in [3.05, 3.63) is 17.7 Å². The highest BCUT2D eigenvalue weighted by Crippen LogP contribution is 2.28. The van der Waals surface area contributed by atoms with Crippen LogP contribution in [-0.4, -0.2) is 21.5 Å². The van der Waals surface area contributed by atoms with E-state index in [1.54, 1.807) is 0 Å². The van der Waals surface area contributed by atoms with Crippen molar-refractivity contribution in [2.24, 2.45) is 11.3 Å². The summed E-state index contributed by atoms with van der Waals surface area (Å²) in [6, 6.07) is 0.246. The molecule has 1 aliphatic heterocycles. The van der Waals surface area contributed by atoms with Crippen LogP contribution < -0.4 is 5.32 Å². The second kappa shape index (κ2) is 5.58. The Kier molecular flexibility index (Phi) is 4.21. The smallest absolute Gasteiger partial charge is 0.220 e. The summed E-state index contributed by atoms with van der Waals surface area (Å²) in [5.41, 5.74) is 1.24. The maximum atomic E-state index is 12.1. The second-order valence-corrected chi connectivity index (χ2v) is 7.23. The first-order valence-corrected chi connectivity index (χ1v) is 7.57. The van der Waals surface area contributed by atoms with Gasteiger partial charge in [-0.3, -0.25) is 4.79 Å². The van der Waals surface area contributed by atoms with Crippen molar-refractivity contribution in [1.82, 2.24) is 14.9 Å². The summed E-state index contributed by atoms with van der Waals surface area (Å²) in [6.45, 7) is 11.6. The minimum absolute atomic E-state index is 0.178. The molecule has 0 fully saturated rings. The number of nitrogens with zero attached hydrogens (tertiary/aromatic N) is 2. The van der Waals surface area contributed by atoms with Gasteiger partial charge in [-0.2, -0.15) is 0 Å². The topological polar surface area (TPSA) is 46.9 Å². The number of hydrogen-bond donors (Lipinski definition) is 1. The summed E-state index contributed by atoms with van der Waals surface area (Å²) >= 11 is 0. The van der Waals surface area contributed by atoms with Gasteiger partial charge in [-0.25, -0.2) is 4.98 Å². The number of nitrogens with one attached hydrogen (secondary N) is 1. The van der Waals surface area contributed by atoms with Crippen LogP contribution in [0.25, 0.3) is 0 Å². The zero-order chi connectivity index (χ0) is 14.9. The molecule has 0 bridgehead atoms. The summed E-state index contributed by atoms with van der Waals surface area (Å²) in [7, 11) is 0. The number of carbonyl (C=O) groups excluding carboxylic acids is 1. The first kappa shape index (κ1) is 15.1. The molecular weight excluding hydrogens is 250 g/mol. The number of hydrogen-bond acceptors (Lipinski definition) is 2.